The van der Waals surface area contributed by atoms with E-state index in [0.717, 1.165) is 18.3 Å². The highest BCUT2D eigenvalue weighted by Crippen LogP contribution is 2.27. The first-order chi connectivity index (χ1) is 8.16. The van der Waals surface area contributed by atoms with Gasteiger partial charge in [0.2, 0.25) is 0 Å². The van der Waals surface area contributed by atoms with Gasteiger partial charge in [-0.25, -0.2) is 0 Å². The SMILES string of the molecule is Cc1cc(C(C)N)ccc1OCC1CCCC1. The Morgan fingerprint density at radius 1 is 1.35 bits per heavy atom. The van der Waals surface area contributed by atoms with E-state index in [1.165, 1.54) is 36.8 Å². The molecule has 17 heavy (non-hydrogen) atoms. The first kappa shape index (κ1) is 12.4. The maximum absolute atomic E-state index is 5.91. The Balaban J connectivity index is 1.96. The molecule has 94 valence electrons. The topological polar surface area (TPSA) is 35.2 Å². The van der Waals surface area contributed by atoms with Crippen molar-refractivity contribution in [2.75, 3.05) is 6.61 Å². The fourth-order valence-corrected chi connectivity index (χ4v) is 2.50. The van der Waals surface area contributed by atoms with Crippen LogP contribution in [0.1, 0.15) is 49.8 Å². The highest BCUT2D eigenvalue weighted by Gasteiger charge is 2.16. The Bertz CT molecular complexity index is 367. The van der Waals surface area contributed by atoms with Crippen molar-refractivity contribution in [1.82, 2.24) is 0 Å². The second kappa shape index (κ2) is 5.54. The summed E-state index contributed by atoms with van der Waals surface area (Å²) in [5.74, 6) is 1.78. The summed E-state index contributed by atoms with van der Waals surface area (Å²) in [6.45, 7) is 4.97. The summed E-state index contributed by atoms with van der Waals surface area (Å²) in [4.78, 5) is 0. The molecule has 2 heteroatoms. The predicted molar refractivity (Wildman–Crippen MR) is 71.2 cm³/mol. The van der Waals surface area contributed by atoms with Crippen molar-refractivity contribution in [3.63, 3.8) is 0 Å². The molecule has 0 heterocycles. The minimum absolute atomic E-state index is 0.0950. The average Bonchev–Trinajstić information content (AvgIpc) is 2.80. The van der Waals surface area contributed by atoms with E-state index >= 15 is 0 Å². The van der Waals surface area contributed by atoms with Crippen LogP contribution in [0.2, 0.25) is 0 Å². The van der Waals surface area contributed by atoms with Crippen molar-refractivity contribution < 1.29 is 4.74 Å². The van der Waals surface area contributed by atoms with E-state index in [0.29, 0.717) is 0 Å². The molecule has 2 nitrogen and oxygen atoms in total. The van der Waals surface area contributed by atoms with Crippen LogP contribution in [0, 0.1) is 12.8 Å². The molecule has 0 aliphatic heterocycles. The molecule has 2 rings (SSSR count). The molecule has 0 amide bonds. The minimum atomic E-state index is 0.0950. The number of rotatable bonds is 4. The number of aryl methyl sites for hydroxylation is 1. The van der Waals surface area contributed by atoms with E-state index in [4.69, 9.17) is 10.5 Å². The summed E-state index contributed by atoms with van der Waals surface area (Å²) >= 11 is 0. The summed E-state index contributed by atoms with van der Waals surface area (Å²) < 4.78 is 5.91. The Hall–Kier alpha value is -1.02. The van der Waals surface area contributed by atoms with E-state index < -0.39 is 0 Å². The van der Waals surface area contributed by atoms with Crippen molar-refractivity contribution in [2.45, 2.75) is 45.6 Å². The summed E-state index contributed by atoms with van der Waals surface area (Å²) in [6, 6.07) is 6.36. The second-order valence-electron chi connectivity index (χ2n) is 5.28. The van der Waals surface area contributed by atoms with Crippen LogP contribution in [0.4, 0.5) is 0 Å². The van der Waals surface area contributed by atoms with Gasteiger partial charge in [-0.05, 0) is 49.8 Å². The van der Waals surface area contributed by atoms with Crippen LogP contribution in [-0.4, -0.2) is 6.61 Å². The standard InChI is InChI=1S/C15H23NO/c1-11-9-14(12(2)16)7-8-15(11)17-10-13-5-3-4-6-13/h7-9,12-13H,3-6,10,16H2,1-2H3. The lowest BCUT2D eigenvalue weighted by Crippen LogP contribution is -2.09. The molecule has 1 atom stereocenters. The monoisotopic (exact) mass is 233 g/mol. The van der Waals surface area contributed by atoms with Crippen LogP contribution in [0.5, 0.6) is 5.75 Å². The predicted octanol–water partition coefficient (Wildman–Crippen LogP) is 3.58. The van der Waals surface area contributed by atoms with Gasteiger partial charge in [0.15, 0.2) is 0 Å². The van der Waals surface area contributed by atoms with Gasteiger partial charge in [-0.3, -0.25) is 0 Å². The van der Waals surface area contributed by atoms with Crippen molar-refractivity contribution in [3.8, 4) is 5.75 Å². The van der Waals surface area contributed by atoms with Crippen molar-refractivity contribution in [3.05, 3.63) is 29.3 Å². The average molecular weight is 233 g/mol. The van der Waals surface area contributed by atoms with Crippen LogP contribution in [0.3, 0.4) is 0 Å². The Kier molecular flexibility index (Phi) is 4.06. The third-order valence-electron chi connectivity index (χ3n) is 3.67. The molecule has 0 saturated heterocycles. The molecule has 1 aromatic carbocycles. The molecule has 0 aromatic heterocycles. The summed E-state index contributed by atoms with van der Waals surface area (Å²) in [5.41, 5.74) is 8.23. The quantitative estimate of drug-likeness (QED) is 0.862. The Morgan fingerprint density at radius 2 is 2.06 bits per heavy atom. The first-order valence-electron chi connectivity index (χ1n) is 6.65. The zero-order valence-electron chi connectivity index (χ0n) is 10.9. The number of ether oxygens (including phenoxy) is 1. The summed E-state index contributed by atoms with van der Waals surface area (Å²) in [6.07, 6.45) is 5.40. The molecule has 1 fully saturated rings. The van der Waals surface area contributed by atoms with E-state index in [-0.39, 0.29) is 6.04 Å². The third kappa shape index (κ3) is 3.22. The van der Waals surface area contributed by atoms with Gasteiger partial charge in [0, 0.05) is 6.04 Å². The van der Waals surface area contributed by atoms with Crippen molar-refractivity contribution >= 4 is 0 Å². The van der Waals surface area contributed by atoms with E-state index in [1.54, 1.807) is 0 Å². The van der Waals surface area contributed by atoms with E-state index in [1.807, 2.05) is 6.92 Å². The largest absolute Gasteiger partial charge is 0.493 e. The van der Waals surface area contributed by atoms with Gasteiger partial charge in [-0.15, -0.1) is 0 Å². The fourth-order valence-electron chi connectivity index (χ4n) is 2.50. The number of nitrogens with two attached hydrogens (primary N) is 1. The number of hydrogen-bond acceptors (Lipinski definition) is 2. The molecule has 1 unspecified atom stereocenters. The van der Waals surface area contributed by atoms with E-state index in [2.05, 4.69) is 25.1 Å². The maximum atomic E-state index is 5.91. The van der Waals surface area contributed by atoms with Crippen LogP contribution in [0.15, 0.2) is 18.2 Å². The molecule has 1 aromatic rings. The lowest BCUT2D eigenvalue weighted by atomic mass is 10.1. The van der Waals surface area contributed by atoms with Crippen LogP contribution in [0.25, 0.3) is 0 Å². The van der Waals surface area contributed by atoms with Gasteiger partial charge >= 0.3 is 0 Å². The number of hydrogen-bond donors (Lipinski definition) is 1. The summed E-state index contributed by atoms with van der Waals surface area (Å²) in [5, 5.41) is 0. The Morgan fingerprint density at radius 3 is 2.65 bits per heavy atom. The highest BCUT2D eigenvalue weighted by atomic mass is 16.5. The van der Waals surface area contributed by atoms with Crippen molar-refractivity contribution in [2.24, 2.45) is 11.7 Å². The van der Waals surface area contributed by atoms with Crippen LogP contribution in [-0.2, 0) is 0 Å². The highest BCUT2D eigenvalue weighted by molar-refractivity contribution is 5.37. The molecule has 2 N–H and O–H groups in total. The smallest absolute Gasteiger partial charge is 0.122 e. The van der Waals surface area contributed by atoms with Crippen LogP contribution >= 0.6 is 0 Å². The Labute approximate surface area is 104 Å². The molecular weight excluding hydrogens is 210 g/mol. The molecule has 0 radical (unpaired) electrons. The van der Waals surface area contributed by atoms with Gasteiger partial charge in [-0.2, -0.15) is 0 Å². The lowest BCUT2D eigenvalue weighted by Gasteiger charge is -2.15. The summed E-state index contributed by atoms with van der Waals surface area (Å²) in [7, 11) is 0. The normalized spacial score (nSPS) is 18.3. The first-order valence-corrected chi connectivity index (χ1v) is 6.65. The molecule has 1 aliphatic rings. The molecule has 0 spiro atoms. The fraction of sp³-hybridized carbons (Fsp3) is 0.600. The zero-order chi connectivity index (χ0) is 12.3. The molecular formula is C15H23NO. The lowest BCUT2D eigenvalue weighted by molar-refractivity contribution is 0.250. The van der Waals surface area contributed by atoms with Gasteiger partial charge < -0.3 is 10.5 Å². The van der Waals surface area contributed by atoms with Gasteiger partial charge in [0.25, 0.3) is 0 Å². The van der Waals surface area contributed by atoms with Gasteiger partial charge in [0.05, 0.1) is 6.61 Å². The number of benzene rings is 1. The molecule has 0 bridgehead atoms. The van der Waals surface area contributed by atoms with Gasteiger partial charge in [0.1, 0.15) is 5.75 Å². The van der Waals surface area contributed by atoms with E-state index in [9.17, 15) is 0 Å². The maximum Gasteiger partial charge on any atom is 0.122 e. The van der Waals surface area contributed by atoms with Gasteiger partial charge in [-0.1, -0.05) is 25.0 Å². The van der Waals surface area contributed by atoms with Crippen molar-refractivity contribution in [1.29, 1.82) is 0 Å². The zero-order valence-corrected chi connectivity index (χ0v) is 10.9. The second-order valence-corrected chi connectivity index (χ2v) is 5.28. The molecule has 1 aliphatic carbocycles. The molecule has 1 saturated carbocycles. The minimum Gasteiger partial charge on any atom is -0.493 e. The van der Waals surface area contributed by atoms with Crippen LogP contribution < -0.4 is 10.5 Å². The third-order valence-corrected chi connectivity index (χ3v) is 3.67.